The van der Waals surface area contributed by atoms with E-state index in [1.807, 2.05) is 0 Å². The van der Waals surface area contributed by atoms with Crippen LogP contribution in [0.1, 0.15) is 5.56 Å². The number of aromatic nitrogens is 1. The normalized spacial score (nSPS) is 14.1. The van der Waals surface area contributed by atoms with E-state index in [0.29, 0.717) is 12.1 Å². The molecule has 3 N–H and O–H groups in total. The van der Waals surface area contributed by atoms with Gasteiger partial charge in [0.25, 0.3) is 10.0 Å². The van der Waals surface area contributed by atoms with Crippen molar-refractivity contribution in [1.82, 2.24) is 4.98 Å². The standard InChI is InChI=1S/C13H13FN4O2S/c14-10-2-1-9-4-6-18(12(9)7-10)21(19,20)13-8-16-5-3-11(13)17-15/h1-3,5,7-8H,4,6,15H2,(H,16,17). The Labute approximate surface area is 121 Å². The fourth-order valence-electron chi connectivity index (χ4n) is 2.40. The number of anilines is 2. The van der Waals surface area contributed by atoms with Gasteiger partial charge in [-0.05, 0) is 30.2 Å². The van der Waals surface area contributed by atoms with Crippen molar-refractivity contribution in [1.29, 1.82) is 0 Å². The molecule has 3 rings (SSSR count). The SMILES string of the molecule is NNc1ccncc1S(=O)(=O)N1CCc2ccc(F)cc21. The van der Waals surface area contributed by atoms with Crippen LogP contribution in [-0.4, -0.2) is 19.9 Å². The first-order valence-corrected chi connectivity index (χ1v) is 7.70. The number of pyridine rings is 1. The quantitative estimate of drug-likeness (QED) is 0.658. The van der Waals surface area contributed by atoms with Crippen LogP contribution in [0.3, 0.4) is 0 Å². The van der Waals surface area contributed by atoms with Crippen LogP contribution in [-0.2, 0) is 16.4 Å². The van der Waals surface area contributed by atoms with Crippen LogP contribution in [0, 0.1) is 5.82 Å². The molecule has 1 aromatic carbocycles. The third-order valence-corrected chi connectivity index (χ3v) is 5.25. The van der Waals surface area contributed by atoms with E-state index >= 15 is 0 Å². The number of sulfonamides is 1. The minimum atomic E-state index is -3.85. The van der Waals surface area contributed by atoms with Crippen LogP contribution < -0.4 is 15.6 Å². The lowest BCUT2D eigenvalue weighted by atomic mass is 10.2. The largest absolute Gasteiger partial charge is 0.323 e. The number of rotatable bonds is 3. The van der Waals surface area contributed by atoms with Crippen LogP contribution in [0.2, 0.25) is 0 Å². The van der Waals surface area contributed by atoms with Crippen molar-refractivity contribution in [3.8, 4) is 0 Å². The van der Waals surface area contributed by atoms with Gasteiger partial charge in [-0.1, -0.05) is 6.07 Å². The Hall–Kier alpha value is -2.19. The second kappa shape index (κ2) is 4.97. The summed E-state index contributed by atoms with van der Waals surface area (Å²) in [6.45, 7) is 0.264. The van der Waals surface area contributed by atoms with Crippen LogP contribution >= 0.6 is 0 Å². The number of hydrogen-bond acceptors (Lipinski definition) is 5. The molecule has 1 aliphatic rings. The van der Waals surface area contributed by atoms with E-state index in [4.69, 9.17) is 5.84 Å². The molecule has 6 nitrogen and oxygen atoms in total. The molecule has 0 unspecified atom stereocenters. The highest BCUT2D eigenvalue weighted by Gasteiger charge is 2.32. The molecule has 0 saturated carbocycles. The van der Waals surface area contributed by atoms with Gasteiger partial charge in [0.1, 0.15) is 10.7 Å². The molecule has 1 aromatic heterocycles. The summed E-state index contributed by atoms with van der Waals surface area (Å²) >= 11 is 0. The van der Waals surface area contributed by atoms with Crippen molar-refractivity contribution in [2.75, 3.05) is 16.3 Å². The van der Waals surface area contributed by atoms with Crippen molar-refractivity contribution in [3.05, 3.63) is 48.0 Å². The van der Waals surface area contributed by atoms with E-state index in [-0.39, 0.29) is 17.1 Å². The Morgan fingerprint density at radius 1 is 1.33 bits per heavy atom. The lowest BCUT2D eigenvalue weighted by molar-refractivity contribution is 0.592. The lowest BCUT2D eigenvalue weighted by Crippen LogP contribution is -2.30. The first-order valence-electron chi connectivity index (χ1n) is 6.26. The smallest absolute Gasteiger partial charge is 0.267 e. The summed E-state index contributed by atoms with van der Waals surface area (Å²) in [4.78, 5) is 3.79. The second-order valence-corrected chi connectivity index (χ2v) is 6.45. The third-order valence-electron chi connectivity index (χ3n) is 3.41. The average molecular weight is 308 g/mol. The predicted octanol–water partition coefficient (Wildman–Crippen LogP) is 1.26. The monoisotopic (exact) mass is 308 g/mol. The van der Waals surface area contributed by atoms with Gasteiger partial charge in [-0.3, -0.25) is 15.1 Å². The van der Waals surface area contributed by atoms with Gasteiger partial charge in [0.05, 0.1) is 11.4 Å². The fourth-order valence-corrected chi connectivity index (χ4v) is 3.99. The topological polar surface area (TPSA) is 88.3 Å². The van der Waals surface area contributed by atoms with Crippen molar-refractivity contribution >= 4 is 21.4 Å². The summed E-state index contributed by atoms with van der Waals surface area (Å²) in [6.07, 6.45) is 3.20. The molecule has 0 spiro atoms. The molecule has 8 heteroatoms. The summed E-state index contributed by atoms with van der Waals surface area (Å²) in [5, 5.41) is 0. The molecule has 0 fully saturated rings. The Bertz CT molecular complexity index is 795. The number of nitrogen functional groups attached to an aromatic ring is 1. The number of hydrogen-bond donors (Lipinski definition) is 2. The highest BCUT2D eigenvalue weighted by atomic mass is 32.2. The molecule has 0 aliphatic carbocycles. The molecular weight excluding hydrogens is 295 g/mol. The minimum absolute atomic E-state index is 0.0374. The van der Waals surface area contributed by atoms with Gasteiger partial charge in [0, 0.05) is 18.9 Å². The van der Waals surface area contributed by atoms with Crippen LogP contribution in [0.15, 0.2) is 41.6 Å². The van der Waals surface area contributed by atoms with E-state index in [1.54, 1.807) is 6.07 Å². The molecule has 110 valence electrons. The molecule has 2 aromatic rings. The van der Waals surface area contributed by atoms with E-state index in [1.165, 1.54) is 34.9 Å². The molecule has 0 atom stereocenters. The summed E-state index contributed by atoms with van der Waals surface area (Å²) in [5.41, 5.74) is 3.75. The summed E-state index contributed by atoms with van der Waals surface area (Å²) in [6, 6.07) is 5.62. The minimum Gasteiger partial charge on any atom is -0.323 e. The molecule has 0 bridgehead atoms. The van der Waals surface area contributed by atoms with Gasteiger partial charge in [0.15, 0.2) is 0 Å². The molecule has 0 saturated heterocycles. The maximum atomic E-state index is 13.4. The molecule has 0 radical (unpaired) electrons. The number of nitrogens with one attached hydrogen (secondary N) is 1. The number of hydrazine groups is 1. The summed E-state index contributed by atoms with van der Waals surface area (Å²) in [7, 11) is -3.85. The highest BCUT2D eigenvalue weighted by Crippen LogP contribution is 2.34. The van der Waals surface area contributed by atoms with Crippen LogP contribution in [0.4, 0.5) is 15.8 Å². The summed E-state index contributed by atoms with van der Waals surface area (Å²) < 4.78 is 40.1. The fraction of sp³-hybridized carbons (Fsp3) is 0.154. The molecule has 1 aliphatic heterocycles. The second-order valence-electron chi connectivity index (χ2n) is 4.62. The van der Waals surface area contributed by atoms with Gasteiger partial charge in [-0.15, -0.1) is 0 Å². The van der Waals surface area contributed by atoms with Crippen LogP contribution in [0.25, 0.3) is 0 Å². The van der Waals surface area contributed by atoms with Crippen molar-refractivity contribution < 1.29 is 12.8 Å². The maximum absolute atomic E-state index is 13.4. The van der Waals surface area contributed by atoms with E-state index in [2.05, 4.69) is 10.4 Å². The lowest BCUT2D eigenvalue weighted by Gasteiger charge is -2.20. The molecular formula is C13H13FN4O2S. The predicted molar refractivity (Wildman–Crippen MR) is 76.7 cm³/mol. The van der Waals surface area contributed by atoms with Crippen molar-refractivity contribution in [3.63, 3.8) is 0 Å². The Balaban J connectivity index is 2.11. The van der Waals surface area contributed by atoms with E-state index in [9.17, 15) is 12.8 Å². The summed E-state index contributed by atoms with van der Waals surface area (Å²) in [5.74, 6) is 4.87. The third kappa shape index (κ3) is 2.22. The number of nitrogens with zero attached hydrogens (tertiary/aromatic N) is 2. The Kier molecular flexibility index (Phi) is 3.26. The van der Waals surface area contributed by atoms with Gasteiger partial charge in [-0.2, -0.15) is 0 Å². The molecule has 0 amide bonds. The average Bonchev–Trinajstić information content (AvgIpc) is 2.90. The van der Waals surface area contributed by atoms with Gasteiger partial charge in [-0.25, -0.2) is 12.8 Å². The Morgan fingerprint density at radius 2 is 2.14 bits per heavy atom. The van der Waals surface area contributed by atoms with Crippen molar-refractivity contribution in [2.24, 2.45) is 5.84 Å². The number of fused-ring (bicyclic) bond motifs is 1. The zero-order valence-electron chi connectivity index (χ0n) is 11.0. The molecule has 21 heavy (non-hydrogen) atoms. The Morgan fingerprint density at radius 3 is 2.90 bits per heavy atom. The number of nitrogens with two attached hydrogens (primary N) is 1. The van der Waals surface area contributed by atoms with E-state index < -0.39 is 15.8 Å². The van der Waals surface area contributed by atoms with Gasteiger partial charge < -0.3 is 5.43 Å². The zero-order valence-corrected chi connectivity index (χ0v) is 11.8. The van der Waals surface area contributed by atoms with E-state index in [0.717, 1.165) is 5.56 Å². The van der Waals surface area contributed by atoms with Crippen LogP contribution in [0.5, 0.6) is 0 Å². The first kappa shape index (κ1) is 13.8. The van der Waals surface area contributed by atoms with Crippen molar-refractivity contribution in [2.45, 2.75) is 11.3 Å². The highest BCUT2D eigenvalue weighted by molar-refractivity contribution is 7.93. The number of benzene rings is 1. The zero-order chi connectivity index (χ0) is 15.0. The first-order chi connectivity index (χ1) is 10.0. The van der Waals surface area contributed by atoms with Gasteiger partial charge >= 0.3 is 0 Å². The maximum Gasteiger partial charge on any atom is 0.267 e. The number of halogens is 1. The molecule has 2 heterocycles. The van der Waals surface area contributed by atoms with Gasteiger partial charge in [0.2, 0.25) is 0 Å².